The van der Waals surface area contributed by atoms with Crippen LogP contribution in [0.15, 0.2) is 36.4 Å². The van der Waals surface area contributed by atoms with E-state index in [1.54, 1.807) is 0 Å². The molecule has 0 aliphatic carbocycles. The van der Waals surface area contributed by atoms with Gasteiger partial charge in [-0.25, -0.2) is 0 Å². The summed E-state index contributed by atoms with van der Waals surface area (Å²) in [7, 11) is 0. The molecule has 2 heterocycles. The van der Waals surface area contributed by atoms with Crippen molar-refractivity contribution in [1.82, 2.24) is 10.3 Å². The molecule has 0 saturated heterocycles. The van der Waals surface area contributed by atoms with Crippen molar-refractivity contribution in [1.29, 1.82) is 0 Å². The smallest absolute Gasteiger partial charge is 0.119 e. The summed E-state index contributed by atoms with van der Waals surface area (Å²) in [5.74, 6) is 0.966. The lowest BCUT2D eigenvalue weighted by Crippen LogP contribution is -2.30. The van der Waals surface area contributed by atoms with Gasteiger partial charge in [-0.3, -0.25) is 0 Å². The van der Waals surface area contributed by atoms with E-state index in [0.717, 1.165) is 38.2 Å². The third kappa shape index (κ3) is 3.12. The van der Waals surface area contributed by atoms with Gasteiger partial charge in [-0.2, -0.15) is 0 Å². The van der Waals surface area contributed by atoms with Crippen molar-refractivity contribution < 1.29 is 4.74 Å². The third-order valence-corrected chi connectivity index (χ3v) is 5.35. The predicted molar refractivity (Wildman–Crippen MR) is 108 cm³/mol. The average molecular weight is 348 g/mol. The summed E-state index contributed by atoms with van der Waals surface area (Å²) in [4.78, 5) is 3.71. The molecule has 0 fully saturated rings. The van der Waals surface area contributed by atoms with Crippen molar-refractivity contribution in [3.05, 3.63) is 64.3 Å². The van der Waals surface area contributed by atoms with Gasteiger partial charge in [-0.15, -0.1) is 0 Å². The number of benzene rings is 2. The molecule has 3 heteroatoms. The van der Waals surface area contributed by atoms with Gasteiger partial charge in [0.05, 0.1) is 12.6 Å². The maximum absolute atomic E-state index is 5.92. The molecule has 1 unspecified atom stereocenters. The fraction of sp³-hybridized carbons (Fsp3) is 0.391. The molecule has 1 aliphatic rings. The zero-order chi connectivity index (χ0) is 18.1. The molecule has 0 spiro atoms. The lowest BCUT2D eigenvalue weighted by molar-refractivity contribution is 0.309. The Kier molecular flexibility index (Phi) is 4.73. The minimum atomic E-state index is 0.195. The molecular weight excluding hydrogens is 320 g/mol. The molecule has 1 aliphatic heterocycles. The Labute approximate surface area is 155 Å². The predicted octanol–water partition coefficient (Wildman–Crippen LogP) is 5.20. The van der Waals surface area contributed by atoms with Crippen LogP contribution in [0.4, 0.5) is 0 Å². The zero-order valence-electron chi connectivity index (χ0n) is 16.0. The zero-order valence-corrected chi connectivity index (χ0v) is 16.0. The van der Waals surface area contributed by atoms with Gasteiger partial charge < -0.3 is 15.0 Å². The standard InChI is InChI=1S/C23H28N2O/c1-4-5-11-26-18-8-6-7-17(14-18)22-23-19(9-10-24-22)21-16(3)12-15(2)13-20(21)25-23/h6-8,12-14,22,24-25H,4-5,9-11H2,1-3H3. The first-order valence-electron chi connectivity index (χ1n) is 9.75. The van der Waals surface area contributed by atoms with E-state index in [4.69, 9.17) is 4.74 Å². The quantitative estimate of drug-likeness (QED) is 0.622. The summed E-state index contributed by atoms with van der Waals surface area (Å²) in [5, 5.41) is 5.10. The first kappa shape index (κ1) is 17.2. The molecule has 4 rings (SSSR count). The molecule has 3 aromatic rings. The second-order valence-electron chi connectivity index (χ2n) is 7.43. The van der Waals surface area contributed by atoms with Gasteiger partial charge in [0.2, 0.25) is 0 Å². The number of aromatic amines is 1. The second-order valence-corrected chi connectivity index (χ2v) is 7.43. The number of aryl methyl sites for hydroxylation is 2. The maximum atomic E-state index is 5.92. The van der Waals surface area contributed by atoms with Gasteiger partial charge in [0.25, 0.3) is 0 Å². The molecule has 136 valence electrons. The normalized spacial score (nSPS) is 16.7. The Morgan fingerprint density at radius 2 is 2.04 bits per heavy atom. The topological polar surface area (TPSA) is 37.0 Å². The van der Waals surface area contributed by atoms with E-state index in [2.05, 4.69) is 67.5 Å². The Bertz CT molecular complexity index is 925. The molecule has 0 bridgehead atoms. The van der Waals surface area contributed by atoms with Crippen molar-refractivity contribution >= 4 is 10.9 Å². The van der Waals surface area contributed by atoms with E-state index in [9.17, 15) is 0 Å². The summed E-state index contributed by atoms with van der Waals surface area (Å²) in [6, 6.07) is 13.3. The van der Waals surface area contributed by atoms with E-state index in [1.807, 2.05) is 0 Å². The second kappa shape index (κ2) is 7.16. The largest absolute Gasteiger partial charge is 0.494 e. The minimum absolute atomic E-state index is 0.195. The van der Waals surface area contributed by atoms with E-state index >= 15 is 0 Å². The number of nitrogens with one attached hydrogen (secondary N) is 2. The highest BCUT2D eigenvalue weighted by Crippen LogP contribution is 2.36. The van der Waals surface area contributed by atoms with Crippen LogP contribution in [0.3, 0.4) is 0 Å². The van der Waals surface area contributed by atoms with Crippen molar-refractivity contribution in [3.8, 4) is 5.75 Å². The summed E-state index contributed by atoms with van der Waals surface area (Å²) < 4.78 is 5.92. The molecule has 0 amide bonds. The number of aromatic nitrogens is 1. The van der Waals surface area contributed by atoms with Gasteiger partial charge in [-0.05, 0) is 67.1 Å². The van der Waals surface area contributed by atoms with Crippen molar-refractivity contribution in [2.45, 2.75) is 46.1 Å². The van der Waals surface area contributed by atoms with E-state index in [-0.39, 0.29) is 6.04 Å². The third-order valence-electron chi connectivity index (χ3n) is 5.35. The van der Waals surface area contributed by atoms with Crippen LogP contribution >= 0.6 is 0 Å². The van der Waals surface area contributed by atoms with Crippen LogP contribution in [-0.4, -0.2) is 18.1 Å². The highest BCUT2D eigenvalue weighted by Gasteiger charge is 2.26. The number of fused-ring (bicyclic) bond motifs is 3. The Hall–Kier alpha value is -2.26. The van der Waals surface area contributed by atoms with Crippen LogP contribution in [0, 0.1) is 13.8 Å². The van der Waals surface area contributed by atoms with Crippen molar-refractivity contribution in [2.75, 3.05) is 13.2 Å². The lowest BCUT2D eigenvalue weighted by atomic mass is 9.93. The number of rotatable bonds is 5. The van der Waals surface area contributed by atoms with Crippen LogP contribution in [0.1, 0.15) is 53.8 Å². The average Bonchev–Trinajstić information content (AvgIpc) is 3.00. The number of hydrogen-bond acceptors (Lipinski definition) is 2. The molecule has 1 atom stereocenters. The van der Waals surface area contributed by atoms with Crippen molar-refractivity contribution in [3.63, 3.8) is 0 Å². The number of hydrogen-bond donors (Lipinski definition) is 2. The van der Waals surface area contributed by atoms with E-state index in [1.165, 1.54) is 38.9 Å². The summed E-state index contributed by atoms with van der Waals surface area (Å²) in [5.41, 5.74) is 7.99. The van der Waals surface area contributed by atoms with Crippen LogP contribution in [0.2, 0.25) is 0 Å². The van der Waals surface area contributed by atoms with Gasteiger partial charge in [0.1, 0.15) is 5.75 Å². The monoisotopic (exact) mass is 348 g/mol. The fourth-order valence-electron chi connectivity index (χ4n) is 4.17. The molecule has 2 aromatic carbocycles. The minimum Gasteiger partial charge on any atom is -0.494 e. The van der Waals surface area contributed by atoms with Crippen LogP contribution in [0.5, 0.6) is 5.75 Å². The van der Waals surface area contributed by atoms with Crippen LogP contribution in [-0.2, 0) is 6.42 Å². The maximum Gasteiger partial charge on any atom is 0.119 e. The Balaban J connectivity index is 1.72. The lowest BCUT2D eigenvalue weighted by Gasteiger charge is -2.25. The number of H-pyrrole nitrogens is 1. The molecule has 26 heavy (non-hydrogen) atoms. The fourth-order valence-corrected chi connectivity index (χ4v) is 4.17. The Morgan fingerprint density at radius 3 is 2.88 bits per heavy atom. The van der Waals surface area contributed by atoms with E-state index in [0.29, 0.717) is 0 Å². The Morgan fingerprint density at radius 1 is 1.15 bits per heavy atom. The molecule has 0 radical (unpaired) electrons. The SMILES string of the molecule is CCCCOc1cccc(C2NCCc3c2[nH]c2cc(C)cc(C)c32)c1. The first-order chi connectivity index (χ1) is 12.7. The van der Waals surface area contributed by atoms with E-state index < -0.39 is 0 Å². The van der Waals surface area contributed by atoms with Crippen molar-refractivity contribution in [2.24, 2.45) is 0 Å². The summed E-state index contributed by atoms with van der Waals surface area (Å²) in [6.45, 7) is 8.36. The molecule has 0 saturated carbocycles. The van der Waals surface area contributed by atoms with Gasteiger partial charge in [-0.1, -0.05) is 31.5 Å². The van der Waals surface area contributed by atoms with Gasteiger partial charge in [0.15, 0.2) is 0 Å². The molecular formula is C23H28N2O. The number of ether oxygens (including phenoxy) is 1. The van der Waals surface area contributed by atoms with Crippen LogP contribution < -0.4 is 10.1 Å². The highest BCUT2D eigenvalue weighted by molar-refractivity contribution is 5.89. The molecule has 3 nitrogen and oxygen atoms in total. The van der Waals surface area contributed by atoms with Gasteiger partial charge in [0, 0.05) is 23.1 Å². The summed E-state index contributed by atoms with van der Waals surface area (Å²) in [6.07, 6.45) is 3.32. The molecule has 2 N–H and O–H groups in total. The first-order valence-corrected chi connectivity index (χ1v) is 9.75. The molecule has 1 aromatic heterocycles. The van der Waals surface area contributed by atoms with Gasteiger partial charge >= 0.3 is 0 Å². The number of unbranched alkanes of at least 4 members (excludes halogenated alkanes) is 1. The summed E-state index contributed by atoms with van der Waals surface area (Å²) >= 11 is 0. The highest BCUT2D eigenvalue weighted by atomic mass is 16.5. The van der Waals surface area contributed by atoms with Crippen LogP contribution in [0.25, 0.3) is 10.9 Å².